The van der Waals surface area contributed by atoms with Crippen LogP contribution in [0.1, 0.15) is 37.6 Å². The highest BCUT2D eigenvalue weighted by Crippen LogP contribution is 2.20. The van der Waals surface area contributed by atoms with Gasteiger partial charge in [-0.15, -0.1) is 11.3 Å². The number of hydrogen-bond donors (Lipinski definition) is 1. The maximum absolute atomic E-state index is 12.3. The van der Waals surface area contributed by atoms with Crippen LogP contribution in [0.5, 0.6) is 0 Å². The first kappa shape index (κ1) is 18.5. The van der Waals surface area contributed by atoms with Crippen molar-refractivity contribution < 1.29 is 17.7 Å². The summed E-state index contributed by atoms with van der Waals surface area (Å²) in [6.07, 6.45) is 1.30. The normalized spacial score (nSPS) is 18.5. The molecular formula is C15H22N4O4S2. The number of nitrogens with zero attached hydrogens (tertiary/aromatic N) is 3. The first-order chi connectivity index (χ1) is 12.0. The minimum atomic E-state index is -3.41. The molecule has 1 aliphatic rings. The summed E-state index contributed by atoms with van der Waals surface area (Å²) >= 11 is 1.23. The molecule has 8 nitrogen and oxygen atoms in total. The van der Waals surface area contributed by atoms with Gasteiger partial charge in [-0.2, -0.15) is 4.98 Å². The standard InChI is InChI=1S/C15H22N4O4S2/c1-11(22-2)15-16-13(23-17-15)10-19-7-5-12(6-8-19)18-25(20,21)14-4-3-9-24-14/h3-4,9,11-12,18H,5-8,10H2,1-2H3/t11-/m0/s1. The molecule has 0 radical (unpaired) electrons. The third-order valence-corrected chi connectivity index (χ3v) is 7.15. The molecule has 0 aliphatic carbocycles. The monoisotopic (exact) mass is 386 g/mol. The molecule has 0 unspecified atom stereocenters. The van der Waals surface area contributed by atoms with E-state index in [1.165, 1.54) is 11.3 Å². The van der Waals surface area contributed by atoms with E-state index in [2.05, 4.69) is 19.8 Å². The van der Waals surface area contributed by atoms with Crippen molar-refractivity contribution in [1.82, 2.24) is 19.8 Å². The lowest BCUT2D eigenvalue weighted by Crippen LogP contribution is -2.44. The van der Waals surface area contributed by atoms with Gasteiger partial charge in [0.25, 0.3) is 0 Å². The molecule has 1 fully saturated rings. The molecule has 2 aromatic rings. The van der Waals surface area contributed by atoms with E-state index in [0.717, 1.165) is 25.9 Å². The molecule has 1 saturated heterocycles. The van der Waals surface area contributed by atoms with Crippen LogP contribution in [0.4, 0.5) is 0 Å². The average Bonchev–Trinajstić information content (AvgIpc) is 3.27. The van der Waals surface area contributed by atoms with Crippen LogP contribution in [0, 0.1) is 0 Å². The Balaban J connectivity index is 1.50. The van der Waals surface area contributed by atoms with Gasteiger partial charge < -0.3 is 9.26 Å². The van der Waals surface area contributed by atoms with Gasteiger partial charge in [0, 0.05) is 26.2 Å². The van der Waals surface area contributed by atoms with E-state index in [9.17, 15) is 8.42 Å². The Bertz CT molecular complexity index is 767. The topological polar surface area (TPSA) is 97.6 Å². The number of sulfonamides is 1. The SMILES string of the molecule is CO[C@@H](C)c1noc(CN2CCC(NS(=O)(=O)c3cccs3)CC2)n1. The van der Waals surface area contributed by atoms with E-state index in [1.54, 1.807) is 24.6 Å². The Kier molecular flexibility index (Phi) is 5.85. The number of likely N-dealkylation sites (tertiary alicyclic amines) is 1. The Labute approximate surface area is 151 Å². The number of nitrogens with one attached hydrogen (secondary N) is 1. The lowest BCUT2D eigenvalue weighted by molar-refractivity contribution is 0.109. The predicted molar refractivity (Wildman–Crippen MR) is 92.7 cm³/mol. The Hall–Kier alpha value is -1.33. The molecule has 10 heteroatoms. The summed E-state index contributed by atoms with van der Waals surface area (Å²) in [5, 5.41) is 5.68. The Morgan fingerprint density at radius 2 is 2.24 bits per heavy atom. The first-order valence-electron chi connectivity index (χ1n) is 8.11. The van der Waals surface area contributed by atoms with Gasteiger partial charge in [0.15, 0.2) is 5.82 Å². The van der Waals surface area contributed by atoms with Crippen LogP contribution in [-0.4, -0.2) is 49.7 Å². The Morgan fingerprint density at radius 1 is 1.48 bits per heavy atom. The quantitative estimate of drug-likeness (QED) is 0.774. The van der Waals surface area contributed by atoms with Crippen molar-refractivity contribution in [2.75, 3.05) is 20.2 Å². The van der Waals surface area contributed by atoms with Gasteiger partial charge in [-0.1, -0.05) is 11.2 Å². The van der Waals surface area contributed by atoms with Gasteiger partial charge in [0.1, 0.15) is 10.3 Å². The highest BCUT2D eigenvalue weighted by atomic mass is 32.2. The van der Waals surface area contributed by atoms with Crippen molar-refractivity contribution in [2.24, 2.45) is 0 Å². The van der Waals surface area contributed by atoms with E-state index in [0.29, 0.717) is 22.5 Å². The molecule has 1 aliphatic heterocycles. The molecule has 1 atom stereocenters. The first-order valence-corrected chi connectivity index (χ1v) is 10.5. The van der Waals surface area contributed by atoms with Crippen LogP contribution in [-0.2, 0) is 21.3 Å². The van der Waals surface area contributed by atoms with Crippen molar-refractivity contribution in [3.8, 4) is 0 Å². The van der Waals surface area contributed by atoms with Crippen molar-refractivity contribution in [2.45, 2.75) is 42.7 Å². The largest absolute Gasteiger partial charge is 0.374 e. The van der Waals surface area contributed by atoms with Gasteiger partial charge >= 0.3 is 0 Å². The molecular weight excluding hydrogens is 364 g/mol. The number of piperidine rings is 1. The lowest BCUT2D eigenvalue weighted by atomic mass is 10.1. The summed E-state index contributed by atoms with van der Waals surface area (Å²) in [6.45, 7) is 3.97. The van der Waals surface area contributed by atoms with Crippen LogP contribution >= 0.6 is 11.3 Å². The summed E-state index contributed by atoms with van der Waals surface area (Å²) in [5.74, 6) is 1.09. The van der Waals surface area contributed by atoms with E-state index in [4.69, 9.17) is 9.26 Å². The molecule has 0 aromatic carbocycles. The molecule has 0 saturated carbocycles. The Morgan fingerprint density at radius 3 is 2.88 bits per heavy atom. The average molecular weight is 386 g/mol. The third-order valence-electron chi connectivity index (χ3n) is 4.23. The van der Waals surface area contributed by atoms with Gasteiger partial charge in [0.2, 0.25) is 15.9 Å². The number of rotatable bonds is 7. The lowest BCUT2D eigenvalue weighted by Gasteiger charge is -2.31. The van der Waals surface area contributed by atoms with E-state index >= 15 is 0 Å². The summed E-state index contributed by atoms with van der Waals surface area (Å²) in [4.78, 5) is 6.52. The van der Waals surface area contributed by atoms with Crippen LogP contribution in [0.15, 0.2) is 26.2 Å². The zero-order valence-corrected chi connectivity index (χ0v) is 15.8. The predicted octanol–water partition coefficient (Wildman–Crippen LogP) is 1.78. The van der Waals surface area contributed by atoms with Crippen molar-refractivity contribution in [1.29, 1.82) is 0 Å². The van der Waals surface area contributed by atoms with Crippen LogP contribution in [0.2, 0.25) is 0 Å². The second-order valence-electron chi connectivity index (χ2n) is 6.03. The second-order valence-corrected chi connectivity index (χ2v) is 8.92. The summed E-state index contributed by atoms with van der Waals surface area (Å²) in [5.41, 5.74) is 0. The van der Waals surface area contributed by atoms with Crippen LogP contribution in [0.3, 0.4) is 0 Å². The molecule has 3 rings (SSSR count). The molecule has 3 heterocycles. The number of thiophene rings is 1. The molecule has 0 spiro atoms. The highest BCUT2D eigenvalue weighted by Gasteiger charge is 2.26. The summed E-state index contributed by atoms with van der Waals surface area (Å²) < 4.78 is 38.1. The van der Waals surface area contributed by atoms with Gasteiger partial charge in [-0.05, 0) is 31.2 Å². The zero-order valence-electron chi connectivity index (χ0n) is 14.2. The fraction of sp³-hybridized carbons (Fsp3) is 0.600. The maximum atomic E-state index is 12.3. The fourth-order valence-corrected chi connectivity index (χ4v) is 5.01. The van der Waals surface area contributed by atoms with Gasteiger partial charge in [-0.3, -0.25) is 4.90 Å². The fourth-order valence-electron chi connectivity index (χ4n) is 2.70. The van der Waals surface area contributed by atoms with E-state index in [1.807, 2.05) is 6.92 Å². The van der Waals surface area contributed by atoms with Gasteiger partial charge in [-0.25, -0.2) is 13.1 Å². The maximum Gasteiger partial charge on any atom is 0.250 e. The molecule has 138 valence electrons. The van der Waals surface area contributed by atoms with Crippen molar-refractivity contribution in [3.05, 3.63) is 29.2 Å². The highest BCUT2D eigenvalue weighted by molar-refractivity contribution is 7.91. The van der Waals surface area contributed by atoms with E-state index < -0.39 is 10.0 Å². The minimum absolute atomic E-state index is 0.0462. The zero-order chi connectivity index (χ0) is 17.9. The summed E-state index contributed by atoms with van der Waals surface area (Å²) in [6, 6.07) is 3.32. The molecule has 0 bridgehead atoms. The van der Waals surface area contributed by atoms with Crippen LogP contribution < -0.4 is 4.72 Å². The molecule has 0 amide bonds. The third kappa shape index (κ3) is 4.64. The number of methoxy groups -OCH3 is 1. The van der Waals surface area contributed by atoms with Crippen LogP contribution in [0.25, 0.3) is 0 Å². The number of hydrogen-bond acceptors (Lipinski definition) is 8. The molecule has 25 heavy (non-hydrogen) atoms. The second kappa shape index (κ2) is 7.92. The minimum Gasteiger partial charge on any atom is -0.374 e. The smallest absolute Gasteiger partial charge is 0.250 e. The number of aromatic nitrogens is 2. The number of ether oxygens (including phenoxy) is 1. The molecule has 1 N–H and O–H groups in total. The van der Waals surface area contributed by atoms with Crippen molar-refractivity contribution in [3.63, 3.8) is 0 Å². The van der Waals surface area contributed by atoms with E-state index in [-0.39, 0.29) is 12.1 Å². The van der Waals surface area contributed by atoms with Gasteiger partial charge in [0.05, 0.1) is 6.54 Å². The summed E-state index contributed by atoms with van der Waals surface area (Å²) in [7, 11) is -1.81. The van der Waals surface area contributed by atoms with Crippen molar-refractivity contribution >= 4 is 21.4 Å². The molecule has 2 aromatic heterocycles.